The van der Waals surface area contributed by atoms with Crippen LogP contribution in [0.4, 0.5) is 5.69 Å². The Kier molecular flexibility index (Phi) is 8.83. The third-order valence-electron chi connectivity index (χ3n) is 6.03. The lowest BCUT2D eigenvalue weighted by Gasteiger charge is -2.27. The molecule has 202 valence electrons. The highest BCUT2D eigenvalue weighted by Crippen LogP contribution is 2.24. The van der Waals surface area contributed by atoms with Gasteiger partial charge in [0.05, 0.1) is 24.8 Å². The highest BCUT2D eigenvalue weighted by molar-refractivity contribution is 7.92. The van der Waals surface area contributed by atoms with Crippen molar-refractivity contribution in [3.05, 3.63) is 102 Å². The average molecular weight is 546 g/mol. The zero-order valence-electron chi connectivity index (χ0n) is 22.1. The van der Waals surface area contributed by atoms with Crippen LogP contribution in [0.5, 0.6) is 11.5 Å². The average Bonchev–Trinajstić information content (AvgIpc) is 2.93. The van der Waals surface area contributed by atoms with Gasteiger partial charge in [-0.2, -0.15) is 5.10 Å². The van der Waals surface area contributed by atoms with Gasteiger partial charge in [0, 0.05) is 0 Å². The van der Waals surface area contributed by atoms with Gasteiger partial charge in [0.1, 0.15) is 24.1 Å². The predicted molar refractivity (Wildman–Crippen MR) is 155 cm³/mol. The fourth-order valence-electron chi connectivity index (χ4n) is 4.16. The summed E-state index contributed by atoms with van der Waals surface area (Å²) < 4.78 is 37.4. The first-order valence-electron chi connectivity index (χ1n) is 12.5. The van der Waals surface area contributed by atoms with Crippen molar-refractivity contribution in [1.29, 1.82) is 0 Å². The van der Waals surface area contributed by atoms with Crippen LogP contribution in [-0.4, -0.2) is 39.4 Å². The number of carbonyl (C=O) groups excluding carboxylic acids is 1. The summed E-state index contributed by atoms with van der Waals surface area (Å²) in [6, 6.07) is 27.1. The number of amides is 1. The molecule has 0 aliphatic rings. The number of nitrogens with one attached hydrogen (secondary N) is 1. The normalized spacial score (nSPS) is 12.3. The van der Waals surface area contributed by atoms with E-state index in [4.69, 9.17) is 9.47 Å². The standard InChI is InChI=1S/C30H31N3O5S/c1-4-37-27-18-14-26(15-19-27)33(39(3,35)36)22(2)30(34)32-31-20-23-12-16-28(17-13-23)38-21-25-10-7-9-24-8-5-6-11-29(24)25/h5-20,22H,4,21H2,1-3H3,(H,32,34)/b31-20-/t22-/m0/s1. The van der Waals surface area contributed by atoms with Crippen molar-refractivity contribution in [2.75, 3.05) is 17.2 Å². The molecule has 1 N–H and O–H groups in total. The Morgan fingerprint density at radius 3 is 2.26 bits per heavy atom. The van der Waals surface area contributed by atoms with E-state index in [0.717, 1.165) is 27.1 Å². The molecule has 4 rings (SSSR count). The molecule has 39 heavy (non-hydrogen) atoms. The summed E-state index contributed by atoms with van der Waals surface area (Å²) in [5.74, 6) is 0.749. The van der Waals surface area contributed by atoms with Gasteiger partial charge in [0.2, 0.25) is 10.0 Å². The largest absolute Gasteiger partial charge is 0.494 e. The van der Waals surface area contributed by atoms with E-state index >= 15 is 0 Å². The summed E-state index contributed by atoms with van der Waals surface area (Å²) in [6.45, 7) is 4.30. The van der Waals surface area contributed by atoms with Crippen LogP contribution >= 0.6 is 0 Å². The number of rotatable bonds is 11. The Labute approximate surface area is 228 Å². The molecule has 0 saturated heterocycles. The van der Waals surface area contributed by atoms with Gasteiger partial charge in [-0.3, -0.25) is 9.10 Å². The molecule has 0 spiro atoms. The number of anilines is 1. The molecular weight excluding hydrogens is 514 g/mol. The maximum Gasteiger partial charge on any atom is 0.263 e. The number of fused-ring (bicyclic) bond motifs is 1. The minimum atomic E-state index is -3.74. The quantitative estimate of drug-likeness (QED) is 0.208. The van der Waals surface area contributed by atoms with Crippen LogP contribution < -0.4 is 19.2 Å². The van der Waals surface area contributed by atoms with Crippen molar-refractivity contribution in [3.63, 3.8) is 0 Å². The summed E-state index contributed by atoms with van der Waals surface area (Å²) in [6.07, 6.45) is 2.54. The zero-order valence-corrected chi connectivity index (χ0v) is 22.9. The fraction of sp³-hybridized carbons (Fsp3) is 0.200. The number of benzene rings is 4. The number of hydrogen-bond donors (Lipinski definition) is 1. The van der Waals surface area contributed by atoms with Gasteiger partial charge in [0.25, 0.3) is 5.91 Å². The Balaban J connectivity index is 1.35. The molecule has 0 radical (unpaired) electrons. The Bertz CT molecular complexity index is 1550. The summed E-state index contributed by atoms with van der Waals surface area (Å²) >= 11 is 0. The van der Waals surface area contributed by atoms with Crippen molar-refractivity contribution >= 4 is 38.6 Å². The van der Waals surface area contributed by atoms with E-state index in [9.17, 15) is 13.2 Å². The number of hydrogen-bond acceptors (Lipinski definition) is 6. The fourth-order valence-corrected chi connectivity index (χ4v) is 5.33. The minimum absolute atomic E-state index is 0.353. The van der Waals surface area contributed by atoms with Gasteiger partial charge in [-0.05, 0) is 84.3 Å². The maximum absolute atomic E-state index is 12.8. The molecule has 0 heterocycles. The molecule has 0 bridgehead atoms. The molecule has 0 fully saturated rings. The molecule has 8 nitrogen and oxygen atoms in total. The van der Waals surface area contributed by atoms with Crippen LogP contribution in [0.2, 0.25) is 0 Å². The summed E-state index contributed by atoms with van der Waals surface area (Å²) in [5, 5.41) is 6.34. The summed E-state index contributed by atoms with van der Waals surface area (Å²) in [7, 11) is -3.74. The Morgan fingerprint density at radius 1 is 0.923 bits per heavy atom. The smallest absolute Gasteiger partial charge is 0.263 e. The first-order chi connectivity index (χ1) is 18.8. The predicted octanol–water partition coefficient (Wildman–Crippen LogP) is 5.12. The third-order valence-corrected chi connectivity index (χ3v) is 7.28. The second-order valence-electron chi connectivity index (χ2n) is 8.89. The van der Waals surface area contributed by atoms with Gasteiger partial charge in [0.15, 0.2) is 0 Å². The lowest BCUT2D eigenvalue weighted by Crippen LogP contribution is -2.46. The second kappa shape index (κ2) is 12.4. The molecule has 1 amide bonds. The topological polar surface area (TPSA) is 97.3 Å². The highest BCUT2D eigenvalue weighted by atomic mass is 32.2. The molecule has 0 aliphatic carbocycles. The van der Waals surface area contributed by atoms with E-state index in [-0.39, 0.29) is 0 Å². The van der Waals surface area contributed by atoms with Gasteiger partial charge >= 0.3 is 0 Å². The van der Waals surface area contributed by atoms with Crippen LogP contribution in [-0.2, 0) is 21.4 Å². The first-order valence-corrected chi connectivity index (χ1v) is 14.4. The maximum atomic E-state index is 12.8. The van der Waals surface area contributed by atoms with Crippen LogP contribution in [0.15, 0.2) is 96.1 Å². The molecule has 0 aromatic heterocycles. The number of sulfonamides is 1. The van der Waals surface area contributed by atoms with Crippen LogP contribution in [0.1, 0.15) is 25.0 Å². The van der Waals surface area contributed by atoms with E-state index < -0.39 is 22.0 Å². The second-order valence-corrected chi connectivity index (χ2v) is 10.8. The van der Waals surface area contributed by atoms with E-state index in [1.54, 1.807) is 24.3 Å². The molecule has 9 heteroatoms. The van der Waals surface area contributed by atoms with Gasteiger partial charge in [-0.25, -0.2) is 13.8 Å². The van der Waals surface area contributed by atoms with Crippen LogP contribution in [0.25, 0.3) is 10.8 Å². The van der Waals surface area contributed by atoms with E-state index in [1.807, 2.05) is 55.5 Å². The zero-order chi connectivity index (χ0) is 27.8. The van der Waals surface area contributed by atoms with E-state index in [0.29, 0.717) is 30.4 Å². The number of nitrogens with zero attached hydrogens (tertiary/aromatic N) is 2. The van der Waals surface area contributed by atoms with E-state index in [1.165, 1.54) is 18.5 Å². The minimum Gasteiger partial charge on any atom is -0.494 e. The summed E-state index contributed by atoms with van der Waals surface area (Å²) in [4.78, 5) is 12.8. The van der Waals surface area contributed by atoms with E-state index in [2.05, 4.69) is 28.7 Å². The van der Waals surface area contributed by atoms with Gasteiger partial charge < -0.3 is 9.47 Å². The monoisotopic (exact) mass is 545 g/mol. The lowest BCUT2D eigenvalue weighted by molar-refractivity contribution is -0.121. The lowest BCUT2D eigenvalue weighted by atomic mass is 10.1. The van der Waals surface area contributed by atoms with Crippen molar-refractivity contribution in [3.8, 4) is 11.5 Å². The number of hydrazone groups is 1. The number of ether oxygens (including phenoxy) is 2. The molecule has 4 aromatic carbocycles. The molecular formula is C30H31N3O5S. The van der Waals surface area contributed by atoms with Crippen LogP contribution in [0, 0.1) is 0 Å². The van der Waals surface area contributed by atoms with Crippen molar-refractivity contribution in [2.24, 2.45) is 5.10 Å². The molecule has 4 aromatic rings. The van der Waals surface area contributed by atoms with Crippen molar-refractivity contribution < 1.29 is 22.7 Å². The Morgan fingerprint density at radius 2 is 1.56 bits per heavy atom. The number of carbonyl (C=O) groups is 1. The molecule has 0 unspecified atom stereocenters. The first kappa shape index (κ1) is 27.7. The molecule has 0 saturated carbocycles. The van der Waals surface area contributed by atoms with Crippen LogP contribution in [0.3, 0.4) is 0 Å². The highest BCUT2D eigenvalue weighted by Gasteiger charge is 2.29. The molecule has 1 atom stereocenters. The third kappa shape index (κ3) is 7.14. The van der Waals surface area contributed by atoms with Gasteiger partial charge in [-0.1, -0.05) is 42.5 Å². The Hall–Kier alpha value is -4.37. The van der Waals surface area contributed by atoms with Gasteiger partial charge in [-0.15, -0.1) is 0 Å². The van der Waals surface area contributed by atoms with Crippen molar-refractivity contribution in [1.82, 2.24) is 5.43 Å². The molecule has 0 aliphatic heterocycles. The van der Waals surface area contributed by atoms with Crippen molar-refractivity contribution in [2.45, 2.75) is 26.5 Å². The summed E-state index contributed by atoms with van der Waals surface area (Å²) in [5.41, 5.74) is 4.63. The SMILES string of the molecule is CCOc1ccc(N([C@@H](C)C(=O)N/N=C\c2ccc(OCc3cccc4ccccc34)cc2)S(C)(=O)=O)cc1.